The number of nitrogens with one attached hydrogen (secondary N) is 2. The first-order chi connectivity index (χ1) is 8.59. The van der Waals surface area contributed by atoms with Crippen LogP contribution in [0.3, 0.4) is 0 Å². The van der Waals surface area contributed by atoms with Crippen LogP contribution in [0, 0.1) is 5.41 Å². The summed E-state index contributed by atoms with van der Waals surface area (Å²) in [5.41, 5.74) is 5.15. The van der Waals surface area contributed by atoms with Crippen molar-refractivity contribution in [3.05, 3.63) is 10.5 Å². The van der Waals surface area contributed by atoms with Gasteiger partial charge in [-0.3, -0.25) is 9.98 Å². The molecule has 1 unspecified atom stereocenters. The Morgan fingerprint density at radius 2 is 2.50 bits per heavy atom. The van der Waals surface area contributed by atoms with Gasteiger partial charge < -0.3 is 10.5 Å². The number of rotatable bonds is 7. The standard InChI is InChI=1S/C10H17N5O2S/c1-6(8(11)12)17-4-5-18-10-14-13-9(16)15(10)7-2-3-7/h6-7H,2-5H2,1H3,(H3,11,12)(H,13,16). The third kappa shape index (κ3) is 3.14. The highest BCUT2D eigenvalue weighted by Crippen LogP contribution is 2.35. The topological polar surface area (TPSA) is 110 Å². The van der Waals surface area contributed by atoms with Crippen molar-refractivity contribution < 1.29 is 4.74 Å². The van der Waals surface area contributed by atoms with Crippen LogP contribution in [0.15, 0.2) is 9.95 Å². The van der Waals surface area contributed by atoms with Gasteiger partial charge >= 0.3 is 5.69 Å². The molecule has 0 amide bonds. The van der Waals surface area contributed by atoms with Crippen molar-refractivity contribution in [3.8, 4) is 0 Å². The number of nitrogens with two attached hydrogens (primary N) is 1. The molecular formula is C10H17N5O2S. The Morgan fingerprint density at radius 3 is 3.11 bits per heavy atom. The van der Waals surface area contributed by atoms with Gasteiger partial charge in [0.2, 0.25) is 0 Å². The number of thioether (sulfide) groups is 1. The number of nitrogens with zero attached hydrogens (tertiary/aromatic N) is 2. The molecule has 1 aliphatic rings. The molecular weight excluding hydrogens is 254 g/mol. The van der Waals surface area contributed by atoms with Crippen LogP contribution in [0.5, 0.6) is 0 Å². The van der Waals surface area contributed by atoms with E-state index in [2.05, 4.69) is 10.2 Å². The van der Waals surface area contributed by atoms with Crippen molar-refractivity contribution in [2.75, 3.05) is 12.4 Å². The largest absolute Gasteiger partial charge is 0.385 e. The third-order valence-corrected chi connectivity index (χ3v) is 3.62. The molecule has 1 heterocycles. The third-order valence-electron chi connectivity index (χ3n) is 2.70. The molecule has 0 aromatic carbocycles. The smallest absolute Gasteiger partial charge is 0.344 e. The summed E-state index contributed by atoms with van der Waals surface area (Å²) in [6.07, 6.45) is 1.73. The highest BCUT2D eigenvalue weighted by Gasteiger charge is 2.28. The minimum atomic E-state index is -0.365. The Kier molecular flexibility index (Phi) is 4.07. The summed E-state index contributed by atoms with van der Waals surface area (Å²) in [6, 6.07) is 0.316. The molecule has 2 rings (SSSR count). The molecule has 8 heteroatoms. The molecule has 0 bridgehead atoms. The molecule has 0 aliphatic heterocycles. The van der Waals surface area contributed by atoms with Crippen LogP contribution in [0.4, 0.5) is 0 Å². The number of amidine groups is 1. The first-order valence-corrected chi connectivity index (χ1v) is 6.83. The molecule has 1 fully saturated rings. The molecule has 0 spiro atoms. The molecule has 0 radical (unpaired) electrons. The highest BCUT2D eigenvalue weighted by atomic mass is 32.2. The quantitative estimate of drug-likeness (QED) is 0.287. The number of aromatic amines is 1. The normalized spacial score (nSPS) is 16.7. The van der Waals surface area contributed by atoms with Crippen molar-refractivity contribution in [2.24, 2.45) is 5.73 Å². The molecule has 1 atom stereocenters. The summed E-state index contributed by atoms with van der Waals surface area (Å²) in [6.45, 7) is 2.21. The molecule has 18 heavy (non-hydrogen) atoms. The summed E-state index contributed by atoms with van der Waals surface area (Å²) in [4.78, 5) is 11.5. The summed E-state index contributed by atoms with van der Waals surface area (Å²) in [5.74, 6) is 0.698. The van der Waals surface area contributed by atoms with Crippen LogP contribution >= 0.6 is 11.8 Å². The van der Waals surface area contributed by atoms with E-state index >= 15 is 0 Å². The first kappa shape index (κ1) is 13.2. The zero-order chi connectivity index (χ0) is 13.1. The van der Waals surface area contributed by atoms with Gasteiger partial charge in [-0.05, 0) is 19.8 Å². The van der Waals surface area contributed by atoms with E-state index in [1.807, 2.05) is 0 Å². The van der Waals surface area contributed by atoms with E-state index in [1.165, 1.54) is 11.8 Å². The van der Waals surface area contributed by atoms with E-state index in [0.29, 0.717) is 23.6 Å². The fourth-order valence-electron chi connectivity index (χ4n) is 1.49. The zero-order valence-electron chi connectivity index (χ0n) is 10.2. The molecule has 1 aromatic rings. The van der Waals surface area contributed by atoms with Gasteiger partial charge in [0.1, 0.15) is 11.9 Å². The van der Waals surface area contributed by atoms with Crippen LogP contribution in [0.2, 0.25) is 0 Å². The Hall–Kier alpha value is -1.28. The van der Waals surface area contributed by atoms with E-state index in [4.69, 9.17) is 15.9 Å². The van der Waals surface area contributed by atoms with E-state index in [1.54, 1.807) is 11.5 Å². The van der Waals surface area contributed by atoms with Crippen molar-refractivity contribution in [1.29, 1.82) is 5.41 Å². The van der Waals surface area contributed by atoms with Gasteiger partial charge in [-0.15, -0.1) is 5.10 Å². The van der Waals surface area contributed by atoms with Gasteiger partial charge in [0.25, 0.3) is 0 Å². The number of hydrogen-bond acceptors (Lipinski definition) is 5. The first-order valence-electron chi connectivity index (χ1n) is 5.85. The molecule has 100 valence electrons. The van der Waals surface area contributed by atoms with Gasteiger partial charge in [0.15, 0.2) is 5.16 Å². The Morgan fingerprint density at radius 1 is 1.78 bits per heavy atom. The predicted molar refractivity (Wildman–Crippen MR) is 69.2 cm³/mol. The van der Waals surface area contributed by atoms with Crippen LogP contribution in [0.1, 0.15) is 25.8 Å². The van der Waals surface area contributed by atoms with Crippen molar-refractivity contribution >= 4 is 17.6 Å². The van der Waals surface area contributed by atoms with Crippen LogP contribution in [-0.4, -0.2) is 39.1 Å². The fraction of sp³-hybridized carbons (Fsp3) is 0.700. The van der Waals surface area contributed by atoms with E-state index in [9.17, 15) is 4.79 Å². The zero-order valence-corrected chi connectivity index (χ0v) is 11.0. The Balaban J connectivity index is 1.80. The average Bonchev–Trinajstić information content (AvgIpc) is 3.09. The second-order valence-corrected chi connectivity index (χ2v) is 5.29. The van der Waals surface area contributed by atoms with Crippen LogP contribution < -0.4 is 11.4 Å². The maximum absolute atomic E-state index is 11.5. The lowest BCUT2D eigenvalue weighted by Gasteiger charge is -2.10. The fourth-order valence-corrected chi connectivity index (χ4v) is 2.34. The van der Waals surface area contributed by atoms with Gasteiger partial charge in [-0.25, -0.2) is 9.89 Å². The van der Waals surface area contributed by atoms with Crippen LogP contribution in [0.25, 0.3) is 0 Å². The van der Waals surface area contributed by atoms with Gasteiger partial charge in [-0.1, -0.05) is 11.8 Å². The minimum Gasteiger partial charge on any atom is -0.385 e. The molecule has 1 saturated carbocycles. The molecule has 1 aromatic heterocycles. The summed E-state index contributed by atoms with van der Waals surface area (Å²) >= 11 is 1.47. The van der Waals surface area contributed by atoms with Crippen molar-refractivity contribution in [3.63, 3.8) is 0 Å². The van der Waals surface area contributed by atoms with Gasteiger partial charge in [0.05, 0.1) is 6.61 Å². The maximum atomic E-state index is 11.5. The summed E-state index contributed by atoms with van der Waals surface area (Å²) < 4.78 is 7.06. The lowest BCUT2D eigenvalue weighted by molar-refractivity contribution is 0.123. The second-order valence-electron chi connectivity index (χ2n) is 4.23. The van der Waals surface area contributed by atoms with E-state index in [-0.39, 0.29) is 17.6 Å². The lowest BCUT2D eigenvalue weighted by atomic mass is 10.4. The van der Waals surface area contributed by atoms with Gasteiger partial charge in [-0.2, -0.15) is 0 Å². The Bertz CT molecular complexity index is 479. The lowest BCUT2D eigenvalue weighted by Crippen LogP contribution is -2.28. The number of H-pyrrole nitrogens is 1. The van der Waals surface area contributed by atoms with Gasteiger partial charge in [0, 0.05) is 11.8 Å². The summed E-state index contributed by atoms with van der Waals surface area (Å²) in [7, 11) is 0. The number of hydrogen-bond donors (Lipinski definition) is 3. The SMILES string of the molecule is CC(OCCSc1n[nH]c(=O)n1C1CC1)C(=N)N. The number of ether oxygens (including phenoxy) is 1. The highest BCUT2D eigenvalue weighted by molar-refractivity contribution is 7.99. The van der Waals surface area contributed by atoms with E-state index < -0.39 is 0 Å². The van der Waals surface area contributed by atoms with Crippen molar-refractivity contribution in [1.82, 2.24) is 14.8 Å². The molecule has 0 saturated heterocycles. The average molecular weight is 271 g/mol. The monoisotopic (exact) mass is 271 g/mol. The maximum Gasteiger partial charge on any atom is 0.344 e. The van der Waals surface area contributed by atoms with Crippen LogP contribution in [-0.2, 0) is 4.74 Å². The second kappa shape index (κ2) is 5.57. The predicted octanol–water partition coefficient (Wildman–Crippen LogP) is 0.339. The Labute approximate surface area is 109 Å². The summed E-state index contributed by atoms with van der Waals surface area (Å²) in [5, 5.41) is 14.4. The molecule has 4 N–H and O–H groups in total. The minimum absolute atomic E-state index is 0.0228. The molecule has 1 aliphatic carbocycles. The van der Waals surface area contributed by atoms with Crippen molar-refractivity contribution in [2.45, 2.75) is 37.1 Å². The number of aromatic nitrogens is 3. The molecule has 7 nitrogen and oxygen atoms in total. The van der Waals surface area contributed by atoms with E-state index in [0.717, 1.165) is 12.8 Å².